The van der Waals surface area contributed by atoms with Gasteiger partial charge in [0.2, 0.25) is 0 Å². The highest BCUT2D eigenvalue weighted by Crippen LogP contribution is 2.31. The molecular formula is C16H24BrN3O2S. The van der Waals surface area contributed by atoms with Crippen LogP contribution in [0.5, 0.6) is 5.75 Å². The Morgan fingerprint density at radius 3 is 2.96 bits per heavy atom. The molecule has 1 fully saturated rings. The molecule has 0 aromatic heterocycles. The average Bonchev–Trinajstić information content (AvgIpc) is 2.79. The van der Waals surface area contributed by atoms with Gasteiger partial charge in [-0.25, -0.2) is 0 Å². The standard InChI is InChI=1S/C16H24BrN3O2S/c1-4-20-5-6-23-10-11(9-20)19-16(21)12-7-13(17)14(18-2)8-15(12)22-3/h7-8,11,18H,4-6,9-10H2,1-3H3,(H,19,21). The van der Waals surface area contributed by atoms with Gasteiger partial charge in [-0.2, -0.15) is 11.8 Å². The van der Waals surface area contributed by atoms with Crippen molar-refractivity contribution in [2.24, 2.45) is 0 Å². The maximum atomic E-state index is 12.7. The number of halogens is 1. The lowest BCUT2D eigenvalue weighted by Crippen LogP contribution is -2.44. The van der Waals surface area contributed by atoms with E-state index in [4.69, 9.17) is 4.74 Å². The molecule has 5 nitrogen and oxygen atoms in total. The van der Waals surface area contributed by atoms with Crippen LogP contribution in [0.1, 0.15) is 17.3 Å². The number of hydrogen-bond acceptors (Lipinski definition) is 5. The molecule has 1 aliphatic heterocycles. The van der Waals surface area contributed by atoms with Crippen LogP contribution in [0.3, 0.4) is 0 Å². The molecule has 1 atom stereocenters. The summed E-state index contributed by atoms with van der Waals surface area (Å²) in [6, 6.07) is 3.79. The average molecular weight is 402 g/mol. The molecule has 1 unspecified atom stereocenters. The first kappa shape index (κ1) is 18.4. The van der Waals surface area contributed by atoms with Crippen molar-refractivity contribution < 1.29 is 9.53 Å². The van der Waals surface area contributed by atoms with E-state index in [1.165, 1.54) is 0 Å². The van der Waals surface area contributed by atoms with E-state index < -0.39 is 0 Å². The Morgan fingerprint density at radius 2 is 2.30 bits per heavy atom. The van der Waals surface area contributed by atoms with E-state index in [1.807, 2.05) is 24.9 Å². The van der Waals surface area contributed by atoms with Gasteiger partial charge < -0.3 is 20.3 Å². The van der Waals surface area contributed by atoms with Gasteiger partial charge in [-0.3, -0.25) is 4.79 Å². The molecule has 1 saturated heterocycles. The molecule has 0 spiro atoms. The van der Waals surface area contributed by atoms with Crippen LogP contribution in [0.25, 0.3) is 0 Å². The van der Waals surface area contributed by atoms with Gasteiger partial charge in [0.25, 0.3) is 5.91 Å². The largest absolute Gasteiger partial charge is 0.496 e. The molecule has 0 aliphatic carbocycles. The van der Waals surface area contributed by atoms with Gasteiger partial charge in [-0.05, 0) is 28.5 Å². The Hall–Kier alpha value is -0.920. The number of carbonyl (C=O) groups is 1. The third-order valence-electron chi connectivity index (χ3n) is 3.94. The number of amides is 1. The number of methoxy groups -OCH3 is 1. The summed E-state index contributed by atoms with van der Waals surface area (Å²) in [5.41, 5.74) is 1.44. The number of ether oxygens (including phenoxy) is 1. The van der Waals surface area contributed by atoms with Gasteiger partial charge in [0.1, 0.15) is 5.75 Å². The van der Waals surface area contributed by atoms with E-state index in [1.54, 1.807) is 13.2 Å². The van der Waals surface area contributed by atoms with Gasteiger partial charge in [-0.1, -0.05) is 6.92 Å². The van der Waals surface area contributed by atoms with Crippen molar-refractivity contribution in [1.29, 1.82) is 0 Å². The molecule has 1 amide bonds. The molecular weight excluding hydrogens is 378 g/mol. The van der Waals surface area contributed by atoms with Crippen LogP contribution >= 0.6 is 27.7 Å². The molecule has 128 valence electrons. The van der Waals surface area contributed by atoms with Gasteiger partial charge in [0, 0.05) is 42.2 Å². The Kier molecular flexibility index (Phi) is 7.05. The minimum absolute atomic E-state index is 0.0891. The van der Waals surface area contributed by atoms with Crippen LogP contribution in [-0.4, -0.2) is 62.1 Å². The third-order valence-corrected chi connectivity index (χ3v) is 5.70. The number of rotatable bonds is 5. The van der Waals surface area contributed by atoms with Crippen molar-refractivity contribution in [3.63, 3.8) is 0 Å². The Morgan fingerprint density at radius 1 is 1.52 bits per heavy atom. The number of nitrogens with zero attached hydrogens (tertiary/aromatic N) is 1. The van der Waals surface area contributed by atoms with Crippen molar-refractivity contribution >= 4 is 39.3 Å². The lowest BCUT2D eigenvalue weighted by Gasteiger charge is -2.23. The van der Waals surface area contributed by atoms with Crippen LogP contribution in [0.15, 0.2) is 16.6 Å². The zero-order chi connectivity index (χ0) is 16.8. The summed E-state index contributed by atoms with van der Waals surface area (Å²) in [6.45, 7) is 5.15. The molecule has 2 N–H and O–H groups in total. The SMILES string of the molecule is CCN1CCSCC(NC(=O)c2cc(Br)c(NC)cc2OC)C1. The smallest absolute Gasteiger partial charge is 0.255 e. The number of benzene rings is 1. The number of nitrogens with one attached hydrogen (secondary N) is 2. The fourth-order valence-corrected chi connectivity index (χ4v) is 4.17. The molecule has 0 saturated carbocycles. The van der Waals surface area contributed by atoms with E-state index in [0.717, 1.165) is 41.3 Å². The summed E-state index contributed by atoms with van der Waals surface area (Å²) < 4.78 is 6.23. The molecule has 1 aliphatic rings. The van der Waals surface area contributed by atoms with Gasteiger partial charge in [0.15, 0.2) is 0 Å². The zero-order valence-electron chi connectivity index (χ0n) is 13.8. The van der Waals surface area contributed by atoms with Crippen LogP contribution in [0.2, 0.25) is 0 Å². The van der Waals surface area contributed by atoms with Crippen molar-refractivity contribution in [2.45, 2.75) is 13.0 Å². The Bertz CT molecular complexity index is 556. The Labute approximate surface area is 150 Å². The van der Waals surface area contributed by atoms with Crippen molar-refractivity contribution in [2.75, 3.05) is 50.6 Å². The molecule has 7 heteroatoms. The summed E-state index contributed by atoms with van der Waals surface area (Å²) in [5, 5.41) is 6.23. The highest BCUT2D eigenvalue weighted by atomic mass is 79.9. The molecule has 0 radical (unpaired) electrons. The molecule has 1 aromatic carbocycles. The first-order valence-electron chi connectivity index (χ1n) is 7.75. The predicted molar refractivity (Wildman–Crippen MR) is 101 cm³/mol. The van der Waals surface area contributed by atoms with Crippen LogP contribution < -0.4 is 15.4 Å². The topological polar surface area (TPSA) is 53.6 Å². The number of hydrogen-bond donors (Lipinski definition) is 2. The van der Waals surface area contributed by atoms with Crippen LogP contribution in [0.4, 0.5) is 5.69 Å². The second-order valence-corrected chi connectivity index (χ2v) is 7.43. The third kappa shape index (κ3) is 4.78. The lowest BCUT2D eigenvalue weighted by atomic mass is 10.1. The highest BCUT2D eigenvalue weighted by molar-refractivity contribution is 9.10. The maximum absolute atomic E-state index is 12.7. The van der Waals surface area contributed by atoms with Crippen LogP contribution in [-0.2, 0) is 0 Å². The predicted octanol–water partition coefficient (Wildman–Crippen LogP) is 2.67. The summed E-state index contributed by atoms with van der Waals surface area (Å²) in [4.78, 5) is 15.1. The van der Waals surface area contributed by atoms with Crippen molar-refractivity contribution in [3.05, 3.63) is 22.2 Å². The molecule has 0 bridgehead atoms. The maximum Gasteiger partial charge on any atom is 0.255 e. The summed E-state index contributed by atoms with van der Waals surface area (Å²) in [6.07, 6.45) is 0. The molecule has 2 rings (SSSR count). The fourth-order valence-electron chi connectivity index (χ4n) is 2.60. The number of carbonyl (C=O) groups excluding carboxylic acids is 1. The zero-order valence-corrected chi connectivity index (χ0v) is 16.2. The highest BCUT2D eigenvalue weighted by Gasteiger charge is 2.22. The summed E-state index contributed by atoms with van der Waals surface area (Å²) >= 11 is 5.38. The quantitative estimate of drug-likeness (QED) is 0.793. The van der Waals surface area contributed by atoms with E-state index >= 15 is 0 Å². The van der Waals surface area contributed by atoms with Crippen molar-refractivity contribution in [3.8, 4) is 5.75 Å². The lowest BCUT2D eigenvalue weighted by molar-refractivity contribution is 0.0929. The molecule has 23 heavy (non-hydrogen) atoms. The second kappa shape index (κ2) is 8.80. The molecule has 1 aromatic rings. The number of likely N-dealkylation sites (N-methyl/N-ethyl adjacent to an activating group) is 1. The number of thioether (sulfide) groups is 1. The summed E-state index contributed by atoms with van der Waals surface area (Å²) in [5.74, 6) is 2.55. The van der Waals surface area contributed by atoms with E-state index in [2.05, 4.69) is 38.4 Å². The first-order valence-corrected chi connectivity index (χ1v) is 9.70. The minimum Gasteiger partial charge on any atom is -0.496 e. The van der Waals surface area contributed by atoms with E-state index in [0.29, 0.717) is 11.3 Å². The van der Waals surface area contributed by atoms with Gasteiger partial charge >= 0.3 is 0 Å². The normalized spacial score (nSPS) is 19.0. The summed E-state index contributed by atoms with van der Waals surface area (Å²) in [7, 11) is 3.42. The second-order valence-electron chi connectivity index (χ2n) is 5.42. The monoisotopic (exact) mass is 401 g/mol. The first-order chi connectivity index (χ1) is 11.1. The minimum atomic E-state index is -0.0891. The van der Waals surface area contributed by atoms with Gasteiger partial charge in [0.05, 0.1) is 24.4 Å². The van der Waals surface area contributed by atoms with Crippen molar-refractivity contribution in [1.82, 2.24) is 10.2 Å². The Balaban J connectivity index is 2.15. The molecule has 1 heterocycles. The van der Waals surface area contributed by atoms with Gasteiger partial charge in [-0.15, -0.1) is 0 Å². The fraction of sp³-hybridized carbons (Fsp3) is 0.562. The van der Waals surface area contributed by atoms with E-state index in [-0.39, 0.29) is 11.9 Å². The van der Waals surface area contributed by atoms with E-state index in [9.17, 15) is 4.79 Å². The number of anilines is 1. The van der Waals surface area contributed by atoms with Crippen LogP contribution in [0, 0.1) is 0 Å².